The van der Waals surface area contributed by atoms with Gasteiger partial charge in [-0.05, 0) is 37.3 Å². The van der Waals surface area contributed by atoms with E-state index < -0.39 is 10.9 Å². The molecule has 0 saturated heterocycles. The molecule has 6 nitrogen and oxygen atoms in total. The highest BCUT2D eigenvalue weighted by Crippen LogP contribution is 2.36. The summed E-state index contributed by atoms with van der Waals surface area (Å²) in [5.74, 6) is -0.550. The molecule has 114 valence electrons. The highest BCUT2D eigenvalue weighted by atomic mass is 32.2. The number of nitrogens with zero attached hydrogens (tertiary/aromatic N) is 1. The van der Waals surface area contributed by atoms with E-state index in [-0.39, 0.29) is 11.4 Å². The Kier molecular flexibility index (Phi) is 5.00. The lowest BCUT2D eigenvalue weighted by atomic mass is 10.2. The number of benzene rings is 2. The average molecular weight is 319 g/mol. The number of nitro benzene ring substituents is 1. The van der Waals surface area contributed by atoms with Gasteiger partial charge in [0.2, 0.25) is 0 Å². The molecular weight excluding hydrogens is 306 g/mol. The second-order valence-corrected chi connectivity index (χ2v) is 5.37. The van der Waals surface area contributed by atoms with Crippen LogP contribution in [0.5, 0.6) is 5.75 Å². The lowest BCUT2D eigenvalue weighted by Gasteiger charge is -2.06. The van der Waals surface area contributed by atoms with Gasteiger partial charge in [-0.2, -0.15) is 0 Å². The van der Waals surface area contributed by atoms with Gasteiger partial charge in [-0.25, -0.2) is 4.79 Å². The number of carbonyl (C=O) groups is 1. The van der Waals surface area contributed by atoms with E-state index in [1.807, 2.05) is 0 Å². The Balaban J connectivity index is 2.14. The standard InChI is InChI=1S/C15H13NO5S/c1-2-21-15(18)10-3-6-12(7-4-10)22-14-8-5-11(16(19)20)9-13(14)17/h3-9,17H,2H2,1H3. The van der Waals surface area contributed by atoms with Crippen molar-refractivity contribution in [3.05, 3.63) is 58.1 Å². The molecule has 0 atom stereocenters. The highest BCUT2D eigenvalue weighted by molar-refractivity contribution is 7.99. The third-order valence-corrected chi connectivity index (χ3v) is 3.82. The molecule has 2 aromatic carbocycles. The van der Waals surface area contributed by atoms with Crippen LogP contribution in [0, 0.1) is 10.1 Å². The summed E-state index contributed by atoms with van der Waals surface area (Å²) in [6.45, 7) is 2.05. The molecule has 0 radical (unpaired) electrons. The van der Waals surface area contributed by atoms with Crippen LogP contribution in [0.4, 0.5) is 5.69 Å². The van der Waals surface area contributed by atoms with Crippen LogP contribution in [0.15, 0.2) is 52.3 Å². The summed E-state index contributed by atoms with van der Waals surface area (Å²) in [7, 11) is 0. The first-order valence-corrected chi connectivity index (χ1v) is 7.25. The quantitative estimate of drug-likeness (QED) is 0.514. The molecule has 0 saturated carbocycles. The summed E-state index contributed by atoms with van der Waals surface area (Å²) in [4.78, 5) is 22.9. The number of carbonyl (C=O) groups excluding carboxylic acids is 1. The molecule has 0 unspecified atom stereocenters. The summed E-state index contributed by atoms with van der Waals surface area (Å²) >= 11 is 1.24. The average Bonchev–Trinajstić information content (AvgIpc) is 2.50. The zero-order valence-electron chi connectivity index (χ0n) is 11.7. The van der Waals surface area contributed by atoms with E-state index in [4.69, 9.17) is 4.74 Å². The number of phenols is 1. The first-order valence-electron chi connectivity index (χ1n) is 6.43. The number of non-ortho nitro benzene ring substituents is 1. The summed E-state index contributed by atoms with van der Waals surface area (Å²) in [6.07, 6.45) is 0. The molecule has 22 heavy (non-hydrogen) atoms. The molecule has 0 amide bonds. The molecule has 1 N–H and O–H groups in total. The van der Waals surface area contributed by atoms with Crippen molar-refractivity contribution in [2.75, 3.05) is 6.61 Å². The monoisotopic (exact) mass is 319 g/mol. The maximum absolute atomic E-state index is 11.5. The van der Waals surface area contributed by atoms with Gasteiger partial charge >= 0.3 is 5.97 Å². The molecule has 0 heterocycles. The van der Waals surface area contributed by atoms with Crippen molar-refractivity contribution in [2.45, 2.75) is 16.7 Å². The molecule has 7 heteroatoms. The molecule has 2 rings (SSSR count). The van der Waals surface area contributed by atoms with Gasteiger partial charge in [-0.15, -0.1) is 0 Å². The maximum atomic E-state index is 11.5. The number of ether oxygens (including phenoxy) is 1. The van der Waals surface area contributed by atoms with Gasteiger partial charge in [0.25, 0.3) is 5.69 Å². The summed E-state index contributed by atoms with van der Waals surface area (Å²) in [5, 5.41) is 20.4. The van der Waals surface area contributed by atoms with E-state index in [0.29, 0.717) is 17.1 Å². The SMILES string of the molecule is CCOC(=O)c1ccc(Sc2ccc([N+](=O)[O-])cc2O)cc1. The predicted octanol–water partition coefficient (Wildman–Crippen LogP) is 3.63. The maximum Gasteiger partial charge on any atom is 0.338 e. The fourth-order valence-electron chi connectivity index (χ4n) is 1.71. The minimum absolute atomic E-state index is 0.159. The van der Waals surface area contributed by atoms with Crippen molar-refractivity contribution in [3.8, 4) is 5.75 Å². The third-order valence-electron chi connectivity index (χ3n) is 2.75. The van der Waals surface area contributed by atoms with Crippen LogP contribution in [-0.2, 0) is 4.74 Å². The zero-order chi connectivity index (χ0) is 16.1. The molecule has 0 aromatic heterocycles. The van der Waals surface area contributed by atoms with Crippen LogP contribution in [0.3, 0.4) is 0 Å². The fourth-order valence-corrected chi connectivity index (χ4v) is 2.53. The first kappa shape index (κ1) is 15.8. The van der Waals surface area contributed by atoms with E-state index in [2.05, 4.69) is 0 Å². The van der Waals surface area contributed by atoms with Gasteiger partial charge in [0.1, 0.15) is 5.75 Å². The number of nitro groups is 1. The van der Waals surface area contributed by atoms with Crippen LogP contribution in [-0.4, -0.2) is 22.6 Å². The van der Waals surface area contributed by atoms with E-state index in [0.717, 1.165) is 11.0 Å². The molecule has 0 aliphatic rings. The first-order chi connectivity index (χ1) is 10.5. The topological polar surface area (TPSA) is 89.7 Å². The van der Waals surface area contributed by atoms with E-state index >= 15 is 0 Å². The van der Waals surface area contributed by atoms with Crippen LogP contribution >= 0.6 is 11.8 Å². The van der Waals surface area contributed by atoms with Crippen molar-refractivity contribution in [2.24, 2.45) is 0 Å². The van der Waals surface area contributed by atoms with Gasteiger partial charge in [0.05, 0.1) is 28.1 Å². The Bertz CT molecular complexity index is 700. The van der Waals surface area contributed by atoms with Crippen LogP contribution in [0.25, 0.3) is 0 Å². The Hall–Kier alpha value is -2.54. The molecule has 0 bridgehead atoms. The second-order valence-electron chi connectivity index (χ2n) is 4.26. The number of hydrogen-bond acceptors (Lipinski definition) is 6. The summed E-state index contributed by atoms with van der Waals surface area (Å²) < 4.78 is 4.89. The molecule has 0 aliphatic heterocycles. The number of aromatic hydroxyl groups is 1. The van der Waals surface area contributed by atoms with Crippen molar-refractivity contribution in [1.82, 2.24) is 0 Å². The summed E-state index contributed by atoms with van der Waals surface area (Å²) in [6, 6.07) is 10.6. The molecule has 0 spiro atoms. The van der Waals surface area contributed by atoms with Crippen molar-refractivity contribution >= 4 is 23.4 Å². The fraction of sp³-hybridized carbons (Fsp3) is 0.133. The number of esters is 1. The number of rotatable bonds is 5. The van der Waals surface area contributed by atoms with Gasteiger partial charge in [-0.1, -0.05) is 11.8 Å². The molecular formula is C15H13NO5S. The Morgan fingerprint density at radius 2 is 1.95 bits per heavy atom. The van der Waals surface area contributed by atoms with Crippen molar-refractivity contribution in [1.29, 1.82) is 0 Å². The predicted molar refractivity (Wildman–Crippen MR) is 81.3 cm³/mol. The van der Waals surface area contributed by atoms with Crippen molar-refractivity contribution in [3.63, 3.8) is 0 Å². The largest absolute Gasteiger partial charge is 0.507 e. The lowest BCUT2D eigenvalue weighted by molar-refractivity contribution is -0.385. The molecule has 0 fully saturated rings. The van der Waals surface area contributed by atoms with Gasteiger partial charge in [-0.3, -0.25) is 10.1 Å². The normalized spacial score (nSPS) is 10.2. The van der Waals surface area contributed by atoms with Crippen LogP contribution < -0.4 is 0 Å². The number of hydrogen-bond donors (Lipinski definition) is 1. The van der Waals surface area contributed by atoms with E-state index in [1.165, 1.54) is 23.9 Å². The Labute approximate surface area is 130 Å². The highest BCUT2D eigenvalue weighted by Gasteiger charge is 2.12. The second kappa shape index (κ2) is 6.95. The third kappa shape index (κ3) is 3.76. The Morgan fingerprint density at radius 1 is 1.27 bits per heavy atom. The summed E-state index contributed by atoms with van der Waals surface area (Å²) in [5.41, 5.74) is 0.277. The Morgan fingerprint density at radius 3 is 2.50 bits per heavy atom. The van der Waals surface area contributed by atoms with Crippen molar-refractivity contribution < 1.29 is 19.6 Å². The van der Waals surface area contributed by atoms with E-state index in [1.54, 1.807) is 31.2 Å². The zero-order valence-corrected chi connectivity index (χ0v) is 12.5. The minimum Gasteiger partial charge on any atom is -0.507 e. The lowest BCUT2D eigenvalue weighted by Crippen LogP contribution is -2.03. The van der Waals surface area contributed by atoms with E-state index in [9.17, 15) is 20.0 Å². The van der Waals surface area contributed by atoms with Crippen LogP contribution in [0.2, 0.25) is 0 Å². The van der Waals surface area contributed by atoms with Gasteiger partial charge < -0.3 is 9.84 Å². The molecule has 2 aromatic rings. The van der Waals surface area contributed by atoms with Crippen LogP contribution in [0.1, 0.15) is 17.3 Å². The molecule has 0 aliphatic carbocycles. The van der Waals surface area contributed by atoms with Gasteiger partial charge in [0, 0.05) is 11.0 Å². The number of phenolic OH excluding ortho intramolecular Hbond substituents is 1. The van der Waals surface area contributed by atoms with Gasteiger partial charge in [0.15, 0.2) is 0 Å². The smallest absolute Gasteiger partial charge is 0.338 e. The minimum atomic E-state index is -0.567.